The fraction of sp³-hybridized carbons (Fsp3) is 0.250. The van der Waals surface area contributed by atoms with Crippen molar-refractivity contribution in [2.45, 2.75) is 20.8 Å². The molecule has 0 aliphatic carbocycles. The Kier molecular flexibility index (Phi) is 2.65. The van der Waals surface area contributed by atoms with Gasteiger partial charge in [0.2, 0.25) is 0 Å². The molecule has 1 aromatic heterocycles. The molecule has 15 heavy (non-hydrogen) atoms. The van der Waals surface area contributed by atoms with Gasteiger partial charge >= 0.3 is 0 Å². The van der Waals surface area contributed by atoms with Gasteiger partial charge in [0.25, 0.3) is 0 Å². The Hall–Kier alpha value is -1.09. The van der Waals surface area contributed by atoms with Gasteiger partial charge in [-0.15, -0.1) is 0 Å². The zero-order valence-electron chi connectivity index (χ0n) is 9.08. The maximum Gasteiger partial charge on any atom is 0.0660 e. The van der Waals surface area contributed by atoms with Crippen molar-refractivity contribution in [2.75, 3.05) is 0 Å². The van der Waals surface area contributed by atoms with Crippen molar-refractivity contribution < 1.29 is 0 Å². The summed E-state index contributed by atoms with van der Waals surface area (Å²) in [7, 11) is 0. The van der Waals surface area contributed by atoms with E-state index >= 15 is 0 Å². The van der Waals surface area contributed by atoms with Gasteiger partial charge in [-0.2, -0.15) is 5.10 Å². The Labute approximate surface area is 98.1 Å². The second-order valence-corrected chi connectivity index (χ2v) is 4.63. The van der Waals surface area contributed by atoms with E-state index in [0.717, 1.165) is 21.5 Å². The lowest BCUT2D eigenvalue weighted by Gasteiger charge is -2.06. The molecule has 0 N–H and O–H groups in total. The fourth-order valence-electron chi connectivity index (χ4n) is 1.60. The van der Waals surface area contributed by atoms with Crippen molar-refractivity contribution in [3.05, 3.63) is 45.7 Å². The zero-order valence-corrected chi connectivity index (χ0v) is 10.7. The molecule has 2 rings (SSSR count). The fourth-order valence-corrected chi connectivity index (χ4v) is 1.97. The smallest absolute Gasteiger partial charge is 0.0660 e. The summed E-state index contributed by atoms with van der Waals surface area (Å²) >= 11 is 3.53. The molecule has 0 spiro atoms. The standard InChI is InChI=1S/C12H13BrN2/c1-8-4-5-11(7-12(8)13)15-10(3)6-9(2)14-15/h4-7H,1-3H3. The van der Waals surface area contributed by atoms with E-state index in [-0.39, 0.29) is 0 Å². The Morgan fingerprint density at radius 3 is 2.40 bits per heavy atom. The van der Waals surface area contributed by atoms with Crippen molar-refractivity contribution in [3.63, 3.8) is 0 Å². The van der Waals surface area contributed by atoms with Crippen molar-refractivity contribution in [3.8, 4) is 5.69 Å². The minimum atomic E-state index is 1.05. The van der Waals surface area contributed by atoms with Gasteiger partial charge in [-0.25, -0.2) is 4.68 Å². The summed E-state index contributed by atoms with van der Waals surface area (Å²) in [5.74, 6) is 0. The molecule has 0 aliphatic rings. The van der Waals surface area contributed by atoms with Gasteiger partial charge in [0, 0.05) is 10.2 Å². The highest BCUT2D eigenvalue weighted by Gasteiger charge is 2.04. The van der Waals surface area contributed by atoms with Crippen LogP contribution in [0.2, 0.25) is 0 Å². The topological polar surface area (TPSA) is 17.8 Å². The van der Waals surface area contributed by atoms with Gasteiger partial charge in [-0.3, -0.25) is 0 Å². The highest BCUT2D eigenvalue weighted by atomic mass is 79.9. The SMILES string of the molecule is Cc1cc(C)n(-c2ccc(C)c(Br)c2)n1. The zero-order chi connectivity index (χ0) is 11.0. The van der Waals surface area contributed by atoms with Crippen molar-refractivity contribution in [2.24, 2.45) is 0 Å². The van der Waals surface area contributed by atoms with Crippen molar-refractivity contribution in [1.29, 1.82) is 0 Å². The highest BCUT2D eigenvalue weighted by molar-refractivity contribution is 9.10. The van der Waals surface area contributed by atoms with Gasteiger partial charge in [-0.1, -0.05) is 22.0 Å². The maximum atomic E-state index is 4.45. The summed E-state index contributed by atoms with van der Waals surface area (Å²) in [4.78, 5) is 0. The Balaban J connectivity index is 2.54. The Morgan fingerprint density at radius 2 is 1.87 bits per heavy atom. The molecule has 3 heteroatoms. The van der Waals surface area contributed by atoms with Crippen LogP contribution in [0.15, 0.2) is 28.7 Å². The third-order valence-electron chi connectivity index (χ3n) is 2.41. The van der Waals surface area contributed by atoms with Gasteiger partial charge in [0.15, 0.2) is 0 Å². The number of halogens is 1. The molecule has 0 amide bonds. The van der Waals surface area contributed by atoms with Gasteiger partial charge in [-0.05, 0) is 44.5 Å². The van der Waals surface area contributed by atoms with Crippen LogP contribution in [-0.4, -0.2) is 9.78 Å². The molecule has 1 heterocycles. The minimum absolute atomic E-state index is 1.05. The largest absolute Gasteiger partial charge is 0.238 e. The quantitative estimate of drug-likeness (QED) is 0.770. The van der Waals surface area contributed by atoms with E-state index in [1.54, 1.807) is 0 Å². The van der Waals surface area contributed by atoms with Crippen LogP contribution >= 0.6 is 15.9 Å². The molecule has 78 valence electrons. The molecule has 1 aromatic carbocycles. The lowest BCUT2D eigenvalue weighted by atomic mass is 10.2. The number of aryl methyl sites for hydroxylation is 3. The maximum absolute atomic E-state index is 4.45. The normalized spacial score (nSPS) is 10.7. The first-order chi connectivity index (χ1) is 7.08. The highest BCUT2D eigenvalue weighted by Crippen LogP contribution is 2.20. The predicted molar refractivity (Wildman–Crippen MR) is 65.5 cm³/mol. The molecular weight excluding hydrogens is 252 g/mol. The third-order valence-corrected chi connectivity index (χ3v) is 3.26. The molecule has 0 aliphatic heterocycles. The second kappa shape index (κ2) is 3.81. The first-order valence-corrected chi connectivity index (χ1v) is 5.67. The van der Waals surface area contributed by atoms with Crippen LogP contribution in [0.4, 0.5) is 0 Å². The summed E-state index contributed by atoms with van der Waals surface area (Å²) in [6.07, 6.45) is 0. The minimum Gasteiger partial charge on any atom is -0.238 e. The van der Waals surface area contributed by atoms with E-state index < -0.39 is 0 Å². The van der Waals surface area contributed by atoms with Gasteiger partial charge in [0.1, 0.15) is 0 Å². The lowest BCUT2D eigenvalue weighted by molar-refractivity contribution is 0.832. The summed E-state index contributed by atoms with van der Waals surface area (Å²) in [5.41, 5.74) is 4.53. The molecule has 0 radical (unpaired) electrons. The van der Waals surface area contributed by atoms with E-state index in [0.29, 0.717) is 0 Å². The molecule has 0 atom stereocenters. The number of aromatic nitrogens is 2. The molecule has 0 bridgehead atoms. The van der Waals surface area contributed by atoms with Crippen LogP contribution in [0.1, 0.15) is 17.0 Å². The Morgan fingerprint density at radius 1 is 1.13 bits per heavy atom. The average Bonchev–Trinajstić information content (AvgIpc) is 2.50. The molecule has 2 aromatic rings. The van der Waals surface area contributed by atoms with Crippen molar-refractivity contribution in [1.82, 2.24) is 9.78 Å². The summed E-state index contributed by atoms with van der Waals surface area (Å²) in [6.45, 7) is 6.15. The van der Waals surface area contributed by atoms with Crippen LogP contribution in [0.5, 0.6) is 0 Å². The van der Waals surface area contributed by atoms with Crippen molar-refractivity contribution >= 4 is 15.9 Å². The molecule has 0 fully saturated rings. The summed E-state index contributed by atoms with van der Waals surface area (Å²) < 4.78 is 3.08. The van der Waals surface area contributed by atoms with Crippen LogP contribution in [0.3, 0.4) is 0 Å². The summed E-state index contributed by atoms with van der Waals surface area (Å²) in [6, 6.07) is 8.35. The van der Waals surface area contributed by atoms with E-state index in [1.807, 2.05) is 11.6 Å². The third kappa shape index (κ3) is 1.97. The number of hydrogen-bond acceptors (Lipinski definition) is 1. The lowest BCUT2D eigenvalue weighted by Crippen LogP contribution is -1.99. The van der Waals surface area contributed by atoms with Crippen LogP contribution in [-0.2, 0) is 0 Å². The van der Waals surface area contributed by atoms with Crippen LogP contribution < -0.4 is 0 Å². The number of rotatable bonds is 1. The van der Waals surface area contributed by atoms with Gasteiger partial charge < -0.3 is 0 Å². The molecule has 0 saturated carbocycles. The van der Waals surface area contributed by atoms with Crippen LogP contribution in [0, 0.1) is 20.8 Å². The first kappa shape index (κ1) is 10.4. The number of nitrogens with zero attached hydrogens (tertiary/aromatic N) is 2. The van der Waals surface area contributed by atoms with E-state index in [9.17, 15) is 0 Å². The first-order valence-electron chi connectivity index (χ1n) is 4.88. The second-order valence-electron chi connectivity index (χ2n) is 3.77. The van der Waals surface area contributed by atoms with E-state index in [4.69, 9.17) is 0 Å². The number of hydrogen-bond donors (Lipinski definition) is 0. The molecule has 2 nitrogen and oxygen atoms in total. The monoisotopic (exact) mass is 264 g/mol. The molecule has 0 saturated heterocycles. The number of benzene rings is 1. The molecular formula is C12H13BrN2. The van der Waals surface area contributed by atoms with E-state index in [1.165, 1.54) is 5.56 Å². The van der Waals surface area contributed by atoms with E-state index in [2.05, 4.69) is 59.1 Å². The van der Waals surface area contributed by atoms with Gasteiger partial charge in [0.05, 0.1) is 11.4 Å². The predicted octanol–water partition coefficient (Wildman–Crippen LogP) is 3.56. The average molecular weight is 265 g/mol. The summed E-state index contributed by atoms with van der Waals surface area (Å²) in [5, 5.41) is 4.45. The Bertz CT molecular complexity index is 500. The van der Waals surface area contributed by atoms with Crippen LogP contribution in [0.25, 0.3) is 5.69 Å². The molecule has 0 unspecified atom stereocenters.